The molecule has 0 atom stereocenters. The minimum absolute atomic E-state index is 0.146. The highest BCUT2D eigenvalue weighted by Crippen LogP contribution is 2.34. The van der Waals surface area contributed by atoms with Gasteiger partial charge in [-0.2, -0.15) is 0 Å². The minimum atomic E-state index is -0.361. The second kappa shape index (κ2) is 8.08. The fourth-order valence-electron chi connectivity index (χ4n) is 2.83. The molecule has 5 heteroatoms. The Morgan fingerprint density at radius 1 is 1.38 bits per heavy atom. The van der Waals surface area contributed by atoms with Crippen LogP contribution in [0, 0.1) is 11.2 Å². The SMILES string of the molecule is COCCNCC1(Cc2ccc(F)c(Cl)c2)CCOCC1. The van der Waals surface area contributed by atoms with Crippen LogP contribution < -0.4 is 5.32 Å². The molecule has 1 aromatic rings. The molecule has 1 fully saturated rings. The summed E-state index contributed by atoms with van der Waals surface area (Å²) in [6.45, 7) is 4.01. The van der Waals surface area contributed by atoms with Crippen LogP contribution in [0.2, 0.25) is 5.02 Å². The van der Waals surface area contributed by atoms with Gasteiger partial charge in [0, 0.05) is 33.4 Å². The summed E-state index contributed by atoms with van der Waals surface area (Å²) in [7, 11) is 1.70. The van der Waals surface area contributed by atoms with Gasteiger partial charge in [-0.15, -0.1) is 0 Å². The highest BCUT2D eigenvalue weighted by atomic mass is 35.5. The molecule has 1 heterocycles. The lowest BCUT2D eigenvalue weighted by Crippen LogP contribution is -2.41. The summed E-state index contributed by atoms with van der Waals surface area (Å²) in [4.78, 5) is 0. The number of ether oxygens (including phenoxy) is 2. The van der Waals surface area contributed by atoms with Crippen molar-refractivity contribution in [1.82, 2.24) is 5.32 Å². The average molecular weight is 316 g/mol. The summed E-state index contributed by atoms with van der Waals surface area (Å²) in [6.07, 6.45) is 2.89. The predicted octanol–water partition coefficient (Wildman–Crippen LogP) is 3.05. The van der Waals surface area contributed by atoms with Gasteiger partial charge in [0.2, 0.25) is 0 Å². The van der Waals surface area contributed by atoms with E-state index in [0.29, 0.717) is 6.61 Å². The first kappa shape index (κ1) is 16.7. The van der Waals surface area contributed by atoms with E-state index in [1.165, 1.54) is 6.07 Å². The van der Waals surface area contributed by atoms with Gasteiger partial charge in [-0.3, -0.25) is 0 Å². The molecular formula is C16H23ClFNO2. The zero-order valence-corrected chi connectivity index (χ0v) is 13.2. The van der Waals surface area contributed by atoms with E-state index >= 15 is 0 Å². The van der Waals surface area contributed by atoms with E-state index in [9.17, 15) is 4.39 Å². The third kappa shape index (κ3) is 4.92. The molecular weight excluding hydrogens is 293 g/mol. The van der Waals surface area contributed by atoms with Crippen molar-refractivity contribution < 1.29 is 13.9 Å². The molecule has 0 amide bonds. The zero-order valence-electron chi connectivity index (χ0n) is 12.5. The second-order valence-corrected chi connectivity index (χ2v) is 6.11. The molecule has 1 aliphatic heterocycles. The number of rotatable bonds is 7. The Labute approximate surface area is 130 Å². The molecule has 0 bridgehead atoms. The molecule has 1 aliphatic rings. The fourth-order valence-corrected chi connectivity index (χ4v) is 3.03. The van der Waals surface area contributed by atoms with Crippen LogP contribution in [0.5, 0.6) is 0 Å². The molecule has 1 saturated heterocycles. The van der Waals surface area contributed by atoms with E-state index < -0.39 is 0 Å². The molecule has 0 spiro atoms. The summed E-state index contributed by atoms with van der Waals surface area (Å²) < 4.78 is 23.8. The molecule has 21 heavy (non-hydrogen) atoms. The van der Waals surface area contributed by atoms with Crippen molar-refractivity contribution in [1.29, 1.82) is 0 Å². The summed E-state index contributed by atoms with van der Waals surface area (Å²) in [5.74, 6) is -0.361. The number of halogens is 2. The number of nitrogens with one attached hydrogen (secondary N) is 1. The Bertz CT molecular complexity index is 450. The molecule has 0 aromatic heterocycles. The quantitative estimate of drug-likeness (QED) is 0.785. The maximum absolute atomic E-state index is 13.3. The topological polar surface area (TPSA) is 30.5 Å². The van der Waals surface area contributed by atoms with Crippen LogP contribution in [0.3, 0.4) is 0 Å². The third-order valence-corrected chi connectivity index (χ3v) is 4.39. The number of benzene rings is 1. The standard InChI is InChI=1S/C16H23ClFNO2/c1-20-9-6-19-12-16(4-7-21-8-5-16)11-13-2-3-15(18)14(17)10-13/h2-3,10,19H,4-9,11-12H2,1H3. The molecule has 0 radical (unpaired) electrons. The Morgan fingerprint density at radius 3 is 2.81 bits per heavy atom. The van der Waals surface area contributed by atoms with Crippen LogP contribution in [0.25, 0.3) is 0 Å². The van der Waals surface area contributed by atoms with Crippen LogP contribution in [-0.2, 0) is 15.9 Å². The molecule has 0 saturated carbocycles. The fraction of sp³-hybridized carbons (Fsp3) is 0.625. The van der Waals surface area contributed by atoms with Crippen molar-refractivity contribution in [2.75, 3.05) is 40.0 Å². The van der Waals surface area contributed by atoms with Gasteiger partial charge in [-0.25, -0.2) is 4.39 Å². The highest BCUT2D eigenvalue weighted by molar-refractivity contribution is 6.30. The van der Waals surface area contributed by atoms with E-state index in [0.717, 1.165) is 51.1 Å². The van der Waals surface area contributed by atoms with E-state index in [1.807, 2.05) is 6.07 Å². The largest absolute Gasteiger partial charge is 0.383 e. The highest BCUT2D eigenvalue weighted by Gasteiger charge is 2.32. The van der Waals surface area contributed by atoms with Crippen molar-refractivity contribution in [3.63, 3.8) is 0 Å². The maximum atomic E-state index is 13.3. The van der Waals surface area contributed by atoms with E-state index in [2.05, 4.69) is 5.32 Å². The van der Waals surface area contributed by atoms with Crippen LogP contribution >= 0.6 is 11.6 Å². The molecule has 2 rings (SSSR count). The van der Waals surface area contributed by atoms with Gasteiger partial charge in [0.1, 0.15) is 5.82 Å². The van der Waals surface area contributed by atoms with Gasteiger partial charge in [0.15, 0.2) is 0 Å². The Hall–Kier alpha value is -0.680. The molecule has 3 nitrogen and oxygen atoms in total. The first-order valence-electron chi connectivity index (χ1n) is 7.37. The van der Waals surface area contributed by atoms with Gasteiger partial charge in [0.25, 0.3) is 0 Å². The lowest BCUT2D eigenvalue weighted by atomic mass is 9.75. The smallest absolute Gasteiger partial charge is 0.141 e. The number of hydrogen-bond acceptors (Lipinski definition) is 3. The van der Waals surface area contributed by atoms with Crippen molar-refractivity contribution in [2.24, 2.45) is 5.41 Å². The Kier molecular flexibility index (Phi) is 6.42. The summed E-state index contributed by atoms with van der Waals surface area (Å²) in [5, 5.41) is 3.65. The van der Waals surface area contributed by atoms with E-state index in [4.69, 9.17) is 21.1 Å². The minimum Gasteiger partial charge on any atom is -0.383 e. The van der Waals surface area contributed by atoms with Crippen molar-refractivity contribution in [2.45, 2.75) is 19.3 Å². The van der Waals surface area contributed by atoms with Crippen molar-refractivity contribution in [3.8, 4) is 0 Å². The normalized spacial score (nSPS) is 17.9. The first-order chi connectivity index (χ1) is 10.2. The van der Waals surface area contributed by atoms with Crippen LogP contribution in [-0.4, -0.2) is 40.0 Å². The average Bonchev–Trinajstić information content (AvgIpc) is 2.49. The lowest BCUT2D eigenvalue weighted by molar-refractivity contribution is 0.0143. The Morgan fingerprint density at radius 2 is 2.14 bits per heavy atom. The second-order valence-electron chi connectivity index (χ2n) is 5.71. The van der Waals surface area contributed by atoms with Gasteiger partial charge >= 0.3 is 0 Å². The van der Waals surface area contributed by atoms with Gasteiger partial charge in [-0.05, 0) is 42.4 Å². The van der Waals surface area contributed by atoms with Crippen LogP contribution in [0.15, 0.2) is 18.2 Å². The van der Waals surface area contributed by atoms with Crippen molar-refractivity contribution >= 4 is 11.6 Å². The molecule has 1 N–H and O–H groups in total. The molecule has 1 aromatic carbocycles. The third-order valence-electron chi connectivity index (χ3n) is 4.10. The summed E-state index contributed by atoms with van der Waals surface area (Å²) in [6, 6.07) is 5.01. The van der Waals surface area contributed by atoms with Gasteiger partial charge in [-0.1, -0.05) is 17.7 Å². The van der Waals surface area contributed by atoms with Crippen molar-refractivity contribution in [3.05, 3.63) is 34.6 Å². The van der Waals surface area contributed by atoms with Gasteiger partial charge < -0.3 is 14.8 Å². The predicted molar refractivity (Wildman–Crippen MR) is 82.3 cm³/mol. The summed E-state index contributed by atoms with van der Waals surface area (Å²) in [5.41, 5.74) is 1.23. The van der Waals surface area contributed by atoms with Gasteiger partial charge in [0.05, 0.1) is 11.6 Å². The molecule has 118 valence electrons. The monoisotopic (exact) mass is 315 g/mol. The summed E-state index contributed by atoms with van der Waals surface area (Å²) >= 11 is 5.89. The number of hydrogen-bond donors (Lipinski definition) is 1. The van der Waals surface area contributed by atoms with E-state index in [1.54, 1.807) is 13.2 Å². The van der Waals surface area contributed by atoms with E-state index in [-0.39, 0.29) is 16.3 Å². The lowest BCUT2D eigenvalue weighted by Gasteiger charge is -2.38. The molecule has 0 aliphatic carbocycles. The Balaban J connectivity index is 2.02. The maximum Gasteiger partial charge on any atom is 0.141 e. The zero-order chi connectivity index (χ0) is 15.1. The number of methoxy groups -OCH3 is 1. The molecule has 0 unspecified atom stereocenters. The van der Waals surface area contributed by atoms with Crippen LogP contribution in [0.4, 0.5) is 4.39 Å². The first-order valence-corrected chi connectivity index (χ1v) is 7.74. The van der Waals surface area contributed by atoms with Crippen LogP contribution in [0.1, 0.15) is 18.4 Å².